The molecule has 0 atom stereocenters. The summed E-state index contributed by atoms with van der Waals surface area (Å²) in [4.78, 5) is 27.3. The van der Waals surface area contributed by atoms with E-state index in [1.165, 1.54) is 0 Å². The molecule has 0 spiro atoms. The lowest BCUT2D eigenvalue weighted by molar-refractivity contribution is -0.134. The van der Waals surface area contributed by atoms with Crippen molar-refractivity contribution in [1.82, 2.24) is 4.90 Å². The fourth-order valence-electron chi connectivity index (χ4n) is 4.05. The molecule has 2 aromatic carbocycles. The molecule has 0 bridgehead atoms. The van der Waals surface area contributed by atoms with E-state index >= 15 is 0 Å². The lowest BCUT2D eigenvalue weighted by atomic mass is 9.95. The van der Waals surface area contributed by atoms with Crippen LogP contribution in [0.5, 0.6) is 0 Å². The molecule has 2 aromatic rings. The highest BCUT2D eigenvalue weighted by atomic mass is 32.2. The van der Waals surface area contributed by atoms with Gasteiger partial charge in [-0.15, -0.1) is 0 Å². The number of carbonyl (C=O) groups excluding carboxylic acids is 2. The van der Waals surface area contributed by atoms with Crippen molar-refractivity contribution in [3.63, 3.8) is 0 Å². The van der Waals surface area contributed by atoms with Gasteiger partial charge in [0, 0.05) is 31.1 Å². The molecule has 178 valence electrons. The predicted molar refractivity (Wildman–Crippen MR) is 132 cm³/mol. The number of benzene rings is 2. The third-order valence-corrected chi connectivity index (χ3v) is 7.50. The Labute approximate surface area is 196 Å². The maximum Gasteiger partial charge on any atom is 0.232 e. The molecular formula is C25H33N3O4S. The molecule has 1 saturated heterocycles. The van der Waals surface area contributed by atoms with Crippen LogP contribution in [-0.4, -0.2) is 44.0 Å². The molecule has 7 nitrogen and oxygen atoms in total. The van der Waals surface area contributed by atoms with Crippen LogP contribution in [0.2, 0.25) is 0 Å². The lowest BCUT2D eigenvalue weighted by Crippen LogP contribution is -2.41. The van der Waals surface area contributed by atoms with Crippen LogP contribution in [0.4, 0.5) is 11.4 Å². The second-order valence-corrected chi connectivity index (χ2v) is 10.4. The van der Waals surface area contributed by atoms with Gasteiger partial charge >= 0.3 is 0 Å². The summed E-state index contributed by atoms with van der Waals surface area (Å²) in [6.45, 7) is 4.74. The molecule has 8 heteroatoms. The number of aryl methyl sites for hydroxylation is 1. The number of likely N-dealkylation sites (tertiary alicyclic amines) is 1. The van der Waals surface area contributed by atoms with Gasteiger partial charge in [-0.1, -0.05) is 43.3 Å². The van der Waals surface area contributed by atoms with Crippen LogP contribution in [0.15, 0.2) is 48.5 Å². The number of rotatable bonds is 9. The van der Waals surface area contributed by atoms with Crippen molar-refractivity contribution >= 4 is 33.2 Å². The number of piperidine rings is 1. The fourth-order valence-corrected chi connectivity index (χ4v) is 5.24. The predicted octanol–water partition coefficient (Wildman–Crippen LogP) is 3.96. The van der Waals surface area contributed by atoms with Gasteiger partial charge in [0.25, 0.3) is 0 Å². The highest BCUT2D eigenvalue weighted by Gasteiger charge is 2.27. The van der Waals surface area contributed by atoms with E-state index in [9.17, 15) is 18.0 Å². The molecule has 1 aliphatic rings. The Kier molecular flexibility index (Phi) is 8.49. The summed E-state index contributed by atoms with van der Waals surface area (Å²) in [5, 5.41) is 2.95. The van der Waals surface area contributed by atoms with Crippen LogP contribution in [0.1, 0.15) is 43.7 Å². The SMILES string of the molecule is CCCS(=O)(=O)Nc1cccc(NC(=O)C2CCN(C(=O)CCc3ccccc3)CC2)c1C. The monoisotopic (exact) mass is 471 g/mol. The summed E-state index contributed by atoms with van der Waals surface area (Å²) < 4.78 is 26.8. The van der Waals surface area contributed by atoms with E-state index < -0.39 is 10.0 Å². The van der Waals surface area contributed by atoms with Crippen molar-refractivity contribution in [3.05, 3.63) is 59.7 Å². The number of nitrogens with zero attached hydrogens (tertiary/aromatic N) is 1. The van der Waals surface area contributed by atoms with Crippen molar-refractivity contribution in [1.29, 1.82) is 0 Å². The smallest absolute Gasteiger partial charge is 0.232 e. The Bertz CT molecular complexity index is 1060. The van der Waals surface area contributed by atoms with Gasteiger partial charge in [0.05, 0.1) is 11.4 Å². The third-order valence-electron chi connectivity index (χ3n) is 6.02. The van der Waals surface area contributed by atoms with Crippen LogP contribution in [0.25, 0.3) is 0 Å². The largest absolute Gasteiger partial charge is 0.343 e. The van der Waals surface area contributed by atoms with Gasteiger partial charge in [0.15, 0.2) is 0 Å². The normalized spacial score (nSPS) is 14.7. The van der Waals surface area contributed by atoms with Crippen molar-refractivity contribution < 1.29 is 18.0 Å². The zero-order valence-corrected chi connectivity index (χ0v) is 20.2. The van der Waals surface area contributed by atoms with E-state index in [2.05, 4.69) is 10.0 Å². The molecule has 0 aromatic heterocycles. The van der Waals surface area contributed by atoms with Gasteiger partial charge in [-0.3, -0.25) is 14.3 Å². The number of hydrogen-bond acceptors (Lipinski definition) is 4. The molecule has 1 fully saturated rings. The second-order valence-electron chi connectivity index (χ2n) is 8.53. The number of amides is 2. The maximum atomic E-state index is 12.9. The average Bonchev–Trinajstić information content (AvgIpc) is 2.80. The van der Waals surface area contributed by atoms with Crippen LogP contribution >= 0.6 is 0 Å². The first-order chi connectivity index (χ1) is 15.8. The first kappa shape index (κ1) is 24.8. The first-order valence-corrected chi connectivity index (χ1v) is 13.2. The first-order valence-electron chi connectivity index (χ1n) is 11.5. The maximum absolute atomic E-state index is 12.9. The molecule has 33 heavy (non-hydrogen) atoms. The Morgan fingerprint density at radius 2 is 1.67 bits per heavy atom. The average molecular weight is 472 g/mol. The molecule has 0 aliphatic carbocycles. The Morgan fingerprint density at radius 3 is 2.33 bits per heavy atom. The molecule has 2 N–H and O–H groups in total. The lowest BCUT2D eigenvalue weighted by Gasteiger charge is -2.31. The zero-order chi connectivity index (χ0) is 23.8. The number of anilines is 2. The molecule has 0 radical (unpaired) electrons. The molecule has 3 rings (SSSR count). The van der Waals surface area contributed by atoms with Crippen LogP contribution in [0, 0.1) is 12.8 Å². The summed E-state index contributed by atoms with van der Waals surface area (Å²) in [5.74, 6) is -0.0993. The van der Waals surface area contributed by atoms with Crippen molar-refractivity contribution in [2.45, 2.75) is 46.0 Å². The van der Waals surface area contributed by atoms with Crippen molar-refractivity contribution in [2.75, 3.05) is 28.9 Å². The standard InChI is InChI=1S/C25H33N3O4S/c1-3-18-33(31,32)27-23-11-7-10-22(19(23)2)26-25(30)21-14-16-28(17-15-21)24(29)13-12-20-8-5-4-6-9-20/h4-11,21,27H,3,12-18H2,1-2H3,(H,26,30). The van der Waals surface area contributed by atoms with E-state index in [0.717, 1.165) is 12.0 Å². The molecule has 1 aliphatic heterocycles. The van der Waals surface area contributed by atoms with E-state index in [1.54, 1.807) is 25.1 Å². The van der Waals surface area contributed by atoms with E-state index in [0.29, 0.717) is 55.7 Å². The van der Waals surface area contributed by atoms with Crippen LogP contribution < -0.4 is 10.0 Å². The van der Waals surface area contributed by atoms with Gasteiger partial charge in [-0.05, 0) is 55.9 Å². The summed E-state index contributed by atoms with van der Waals surface area (Å²) in [6.07, 6.45) is 2.95. The summed E-state index contributed by atoms with van der Waals surface area (Å²) >= 11 is 0. The molecule has 2 amide bonds. The van der Waals surface area contributed by atoms with Crippen LogP contribution in [-0.2, 0) is 26.0 Å². The summed E-state index contributed by atoms with van der Waals surface area (Å²) in [7, 11) is -3.41. The van der Waals surface area contributed by atoms with Crippen molar-refractivity contribution in [2.24, 2.45) is 5.92 Å². The highest BCUT2D eigenvalue weighted by Crippen LogP contribution is 2.26. The number of carbonyl (C=O) groups is 2. The van der Waals surface area contributed by atoms with E-state index in [4.69, 9.17) is 0 Å². The van der Waals surface area contributed by atoms with E-state index in [1.807, 2.05) is 42.2 Å². The minimum atomic E-state index is -3.41. The molecule has 0 unspecified atom stereocenters. The van der Waals surface area contributed by atoms with Gasteiger partial charge in [-0.2, -0.15) is 0 Å². The van der Waals surface area contributed by atoms with Gasteiger partial charge in [-0.25, -0.2) is 8.42 Å². The van der Waals surface area contributed by atoms with Crippen LogP contribution in [0.3, 0.4) is 0 Å². The van der Waals surface area contributed by atoms with Crippen molar-refractivity contribution in [3.8, 4) is 0 Å². The number of sulfonamides is 1. The summed E-state index contributed by atoms with van der Waals surface area (Å²) in [6, 6.07) is 15.1. The van der Waals surface area contributed by atoms with Gasteiger partial charge in [0.1, 0.15) is 0 Å². The number of hydrogen-bond donors (Lipinski definition) is 2. The van der Waals surface area contributed by atoms with E-state index in [-0.39, 0.29) is 23.5 Å². The molecule has 0 saturated carbocycles. The Morgan fingerprint density at radius 1 is 1.00 bits per heavy atom. The number of nitrogens with one attached hydrogen (secondary N) is 2. The second kappa shape index (κ2) is 11.3. The minimum Gasteiger partial charge on any atom is -0.343 e. The topological polar surface area (TPSA) is 95.6 Å². The molecular weight excluding hydrogens is 438 g/mol. The summed E-state index contributed by atoms with van der Waals surface area (Å²) in [5.41, 5.74) is 2.90. The third kappa shape index (κ3) is 7.05. The highest BCUT2D eigenvalue weighted by molar-refractivity contribution is 7.92. The molecule has 1 heterocycles. The van der Waals surface area contributed by atoms with Gasteiger partial charge < -0.3 is 10.2 Å². The minimum absolute atomic E-state index is 0.0473. The quantitative estimate of drug-likeness (QED) is 0.579. The fraction of sp³-hybridized carbons (Fsp3) is 0.440. The van der Waals surface area contributed by atoms with Gasteiger partial charge in [0.2, 0.25) is 21.8 Å². The Balaban J connectivity index is 1.52. The Hall–Kier alpha value is -2.87. The zero-order valence-electron chi connectivity index (χ0n) is 19.3.